The first-order chi connectivity index (χ1) is 17.0. The molecule has 1 aliphatic heterocycles. The number of rotatable bonds is 10. The van der Waals surface area contributed by atoms with Crippen molar-refractivity contribution in [1.29, 1.82) is 5.26 Å². The summed E-state index contributed by atoms with van der Waals surface area (Å²) in [5.74, 6) is 0.0167. The number of likely N-dealkylation sites (tertiary alicyclic amines) is 1. The van der Waals surface area contributed by atoms with Crippen LogP contribution in [-0.2, 0) is 11.3 Å². The van der Waals surface area contributed by atoms with Crippen molar-refractivity contribution in [3.8, 4) is 11.8 Å². The van der Waals surface area contributed by atoms with Gasteiger partial charge in [-0.3, -0.25) is 19.1 Å². The third kappa shape index (κ3) is 7.44. The number of alkyl halides is 1. The van der Waals surface area contributed by atoms with E-state index in [1.54, 1.807) is 13.0 Å². The predicted octanol–water partition coefficient (Wildman–Crippen LogP) is 1.32. The Balaban J connectivity index is 1.79. The van der Waals surface area contributed by atoms with Crippen LogP contribution in [0.1, 0.15) is 19.8 Å². The second kappa shape index (κ2) is 13.3. The summed E-state index contributed by atoms with van der Waals surface area (Å²) in [5, 5.41) is 14.6. The maximum absolute atomic E-state index is 12.7. The molecular formula is C25H28FN5O3S. The molecule has 1 fully saturated rings. The summed E-state index contributed by atoms with van der Waals surface area (Å²) in [4.78, 5) is 27.1. The smallest absolute Gasteiger partial charge is 0.277 e. The van der Waals surface area contributed by atoms with Gasteiger partial charge in [0, 0.05) is 37.6 Å². The van der Waals surface area contributed by atoms with Crippen LogP contribution in [0.3, 0.4) is 0 Å². The summed E-state index contributed by atoms with van der Waals surface area (Å²) in [6.07, 6.45) is 4.03. The Bertz CT molecular complexity index is 1320. The van der Waals surface area contributed by atoms with E-state index in [4.69, 9.17) is 4.74 Å². The van der Waals surface area contributed by atoms with Gasteiger partial charge in [-0.2, -0.15) is 5.26 Å². The van der Waals surface area contributed by atoms with Gasteiger partial charge in [0.25, 0.3) is 11.5 Å². The van der Waals surface area contributed by atoms with Crippen LogP contribution < -0.4 is 30.1 Å². The zero-order valence-electron chi connectivity index (χ0n) is 19.6. The normalized spacial score (nSPS) is 12.8. The van der Waals surface area contributed by atoms with Crippen LogP contribution in [0.4, 0.5) is 10.1 Å². The molecule has 35 heavy (non-hydrogen) atoms. The minimum absolute atomic E-state index is 0.200. The van der Waals surface area contributed by atoms with E-state index in [1.807, 2.05) is 24.3 Å². The summed E-state index contributed by atoms with van der Waals surface area (Å²) >= 11 is 1.06. The van der Waals surface area contributed by atoms with E-state index >= 15 is 0 Å². The lowest BCUT2D eigenvalue weighted by molar-refractivity contribution is -0.117. The number of halogens is 1. The second-order valence-corrected chi connectivity index (χ2v) is 8.70. The second-order valence-electron chi connectivity index (χ2n) is 7.70. The van der Waals surface area contributed by atoms with Crippen LogP contribution in [0.5, 0.6) is 5.75 Å². The average Bonchev–Trinajstić information content (AvgIpc) is 3.49. The van der Waals surface area contributed by atoms with Gasteiger partial charge in [-0.15, -0.1) is 0 Å². The maximum Gasteiger partial charge on any atom is 0.277 e. The summed E-state index contributed by atoms with van der Waals surface area (Å²) in [7, 11) is 0. The molecule has 0 spiro atoms. The number of nitriles is 1. The van der Waals surface area contributed by atoms with E-state index in [1.165, 1.54) is 23.6 Å². The lowest BCUT2D eigenvalue weighted by atomic mass is 10.3. The number of hydrogen-bond donors (Lipinski definition) is 2. The molecule has 0 atom stereocenters. The zero-order chi connectivity index (χ0) is 25.0. The first kappa shape index (κ1) is 26.0. The number of carbonyl (C=O) groups excluding carboxylic acids is 1. The SMILES string of the molecule is CCn1c(=C=C(C#N)C(=O)NCCF)sc(=C=CNc2cccc(OCCN3CCCC3)c2)c1=O. The van der Waals surface area contributed by atoms with Gasteiger partial charge < -0.3 is 15.4 Å². The number of aromatic nitrogens is 1. The van der Waals surface area contributed by atoms with Crippen molar-refractivity contribution in [2.45, 2.75) is 26.3 Å². The molecule has 1 aromatic heterocycles. The van der Waals surface area contributed by atoms with Gasteiger partial charge in [0.1, 0.15) is 34.3 Å². The van der Waals surface area contributed by atoms with Crippen LogP contribution in [0.25, 0.3) is 11.5 Å². The van der Waals surface area contributed by atoms with E-state index in [-0.39, 0.29) is 17.7 Å². The van der Waals surface area contributed by atoms with Gasteiger partial charge in [-0.25, -0.2) is 4.39 Å². The fourth-order valence-electron chi connectivity index (χ4n) is 3.53. The number of nitrogens with one attached hydrogen (secondary N) is 2. The molecule has 0 bridgehead atoms. The fraction of sp³-hybridized carbons (Fsp3) is 0.400. The quantitative estimate of drug-likeness (QED) is 0.380. The Labute approximate surface area is 206 Å². The molecular weight excluding hydrogens is 469 g/mol. The molecule has 8 nitrogen and oxygen atoms in total. The maximum atomic E-state index is 12.7. The first-order valence-corrected chi connectivity index (χ1v) is 12.3. The summed E-state index contributed by atoms with van der Waals surface area (Å²) < 4.78 is 20.2. The molecule has 184 valence electrons. The Morgan fingerprint density at radius 2 is 2.14 bits per heavy atom. The van der Waals surface area contributed by atoms with Crippen LogP contribution >= 0.6 is 11.3 Å². The van der Waals surface area contributed by atoms with E-state index in [0.717, 1.165) is 42.4 Å². The summed E-state index contributed by atoms with van der Waals surface area (Å²) in [6, 6.07) is 9.27. The molecule has 2 aromatic rings. The molecule has 1 aliphatic rings. The Kier molecular flexibility index (Phi) is 9.91. The lowest BCUT2D eigenvalue weighted by Gasteiger charge is -2.15. The topological polar surface area (TPSA) is 99.4 Å². The highest BCUT2D eigenvalue weighted by Gasteiger charge is 2.11. The highest BCUT2D eigenvalue weighted by Crippen LogP contribution is 2.17. The van der Waals surface area contributed by atoms with Crippen molar-refractivity contribution in [2.24, 2.45) is 0 Å². The molecule has 1 aromatic carbocycles. The van der Waals surface area contributed by atoms with Crippen LogP contribution in [-0.4, -0.2) is 54.8 Å². The van der Waals surface area contributed by atoms with E-state index in [0.29, 0.717) is 22.3 Å². The summed E-state index contributed by atoms with van der Waals surface area (Å²) in [6.45, 7) is 4.96. The number of amides is 1. The van der Waals surface area contributed by atoms with Gasteiger partial charge in [0.2, 0.25) is 0 Å². The number of nitrogens with zero attached hydrogens (tertiary/aromatic N) is 3. The number of hydrogen-bond acceptors (Lipinski definition) is 7. The number of ether oxygens (including phenoxy) is 1. The third-order valence-corrected chi connectivity index (χ3v) is 6.31. The highest BCUT2D eigenvalue weighted by atomic mass is 32.1. The molecule has 2 N–H and O–H groups in total. The highest BCUT2D eigenvalue weighted by molar-refractivity contribution is 7.07. The molecule has 0 aliphatic carbocycles. The fourth-order valence-corrected chi connectivity index (χ4v) is 4.52. The standard InChI is InChI=1S/C25H28FN5O3S/c1-2-31-23(16-19(18-27)24(32)29-11-9-26)35-22(25(31)33)8-10-28-20-6-5-7-21(17-20)34-15-14-30-12-3-4-13-30/h5-7,10,17,28H,2-4,9,11-15H2,1H3,(H,29,32). The molecule has 2 heterocycles. The minimum atomic E-state index is -0.742. The minimum Gasteiger partial charge on any atom is -0.492 e. The monoisotopic (exact) mass is 497 g/mol. The van der Waals surface area contributed by atoms with Crippen LogP contribution in [0.2, 0.25) is 0 Å². The van der Waals surface area contributed by atoms with Gasteiger partial charge >= 0.3 is 0 Å². The van der Waals surface area contributed by atoms with E-state index in [2.05, 4.69) is 27.0 Å². The van der Waals surface area contributed by atoms with Crippen molar-refractivity contribution in [3.05, 3.63) is 55.6 Å². The number of anilines is 1. The largest absolute Gasteiger partial charge is 0.492 e. The number of carbonyl (C=O) groups is 1. The Hall–Kier alpha value is -3.60. The molecule has 1 amide bonds. The van der Waals surface area contributed by atoms with Crippen LogP contribution in [0, 0.1) is 11.3 Å². The van der Waals surface area contributed by atoms with Crippen molar-refractivity contribution >= 4 is 34.4 Å². The lowest BCUT2D eigenvalue weighted by Crippen LogP contribution is -2.30. The Morgan fingerprint density at radius 1 is 1.34 bits per heavy atom. The molecule has 0 saturated carbocycles. The molecule has 0 unspecified atom stereocenters. The average molecular weight is 498 g/mol. The van der Waals surface area contributed by atoms with E-state index < -0.39 is 12.6 Å². The first-order valence-electron chi connectivity index (χ1n) is 11.5. The van der Waals surface area contributed by atoms with Gasteiger partial charge in [0.15, 0.2) is 5.57 Å². The van der Waals surface area contributed by atoms with Gasteiger partial charge in [-0.05, 0) is 45.0 Å². The summed E-state index contributed by atoms with van der Waals surface area (Å²) in [5.41, 5.74) is 5.77. The molecule has 3 rings (SSSR count). The van der Waals surface area contributed by atoms with Crippen molar-refractivity contribution in [3.63, 3.8) is 0 Å². The van der Waals surface area contributed by atoms with Gasteiger partial charge in [0.05, 0.1) is 0 Å². The molecule has 1 saturated heterocycles. The Morgan fingerprint density at radius 3 is 2.86 bits per heavy atom. The zero-order valence-corrected chi connectivity index (χ0v) is 20.4. The van der Waals surface area contributed by atoms with Gasteiger partial charge in [-0.1, -0.05) is 28.9 Å². The molecule has 10 heteroatoms. The van der Waals surface area contributed by atoms with Crippen molar-refractivity contribution in [2.75, 3.05) is 44.8 Å². The van der Waals surface area contributed by atoms with Crippen molar-refractivity contribution < 1.29 is 13.9 Å². The number of benzene rings is 1. The van der Waals surface area contributed by atoms with E-state index in [9.17, 15) is 19.2 Å². The molecule has 0 radical (unpaired) electrons. The third-order valence-electron chi connectivity index (χ3n) is 5.30. The number of thiazole rings is 1. The predicted molar refractivity (Wildman–Crippen MR) is 134 cm³/mol. The van der Waals surface area contributed by atoms with Crippen molar-refractivity contribution in [1.82, 2.24) is 14.8 Å². The van der Waals surface area contributed by atoms with Crippen LogP contribution in [0.15, 0.2) is 40.8 Å².